The van der Waals surface area contributed by atoms with E-state index < -0.39 is 29.5 Å². The molecule has 1 aliphatic rings. The summed E-state index contributed by atoms with van der Waals surface area (Å²) in [5.74, 6) is -1.19. The molecule has 0 spiro atoms. The number of alkyl halides is 3. The van der Waals surface area contributed by atoms with E-state index in [1.807, 2.05) is 0 Å². The number of halogens is 3. The maximum Gasteiger partial charge on any atom is 0.431 e. The van der Waals surface area contributed by atoms with Gasteiger partial charge in [0.2, 0.25) is 5.95 Å². The normalized spacial score (nSPS) is 17.3. The van der Waals surface area contributed by atoms with Crippen LogP contribution < -0.4 is 5.32 Å². The minimum atomic E-state index is -4.80. The van der Waals surface area contributed by atoms with Crippen molar-refractivity contribution in [3.05, 3.63) is 35.1 Å². The lowest BCUT2D eigenvalue weighted by atomic mass is 9.95. The first kappa shape index (κ1) is 17.0. The minimum absolute atomic E-state index is 0.0591. The van der Waals surface area contributed by atoms with Crippen LogP contribution in [-0.2, 0) is 16.6 Å². The van der Waals surface area contributed by atoms with E-state index in [2.05, 4.69) is 20.5 Å². The SMILES string of the molecule is CCOC(=O)C1=C(C(F)(F)F)Nc2ncnn2C1c1cnn(C)c1C. The van der Waals surface area contributed by atoms with Gasteiger partial charge in [0.25, 0.3) is 0 Å². The quantitative estimate of drug-likeness (QED) is 0.843. The van der Waals surface area contributed by atoms with Gasteiger partial charge in [-0.1, -0.05) is 0 Å². The molecule has 1 atom stereocenters. The molecule has 0 aromatic carbocycles. The van der Waals surface area contributed by atoms with Gasteiger partial charge in [-0.05, 0) is 13.8 Å². The van der Waals surface area contributed by atoms with E-state index in [-0.39, 0.29) is 12.6 Å². The Morgan fingerprint density at radius 2 is 2.12 bits per heavy atom. The summed E-state index contributed by atoms with van der Waals surface area (Å²) >= 11 is 0. The fourth-order valence-electron chi connectivity index (χ4n) is 2.68. The largest absolute Gasteiger partial charge is 0.463 e. The van der Waals surface area contributed by atoms with Gasteiger partial charge in [-0.15, -0.1) is 0 Å². The van der Waals surface area contributed by atoms with Gasteiger partial charge in [-0.2, -0.15) is 28.4 Å². The van der Waals surface area contributed by atoms with Crippen LogP contribution in [0.2, 0.25) is 0 Å². The predicted molar refractivity (Wildman–Crippen MR) is 79.4 cm³/mol. The van der Waals surface area contributed by atoms with Crippen molar-refractivity contribution in [2.75, 3.05) is 11.9 Å². The summed E-state index contributed by atoms with van der Waals surface area (Å²) in [6.45, 7) is 3.15. The van der Waals surface area contributed by atoms with Crippen molar-refractivity contribution in [3.63, 3.8) is 0 Å². The Kier molecular flexibility index (Phi) is 4.01. The Bertz CT molecular complexity index is 851. The number of rotatable bonds is 3. The number of hydrogen-bond donors (Lipinski definition) is 1. The predicted octanol–water partition coefficient (Wildman–Crippen LogP) is 1.71. The van der Waals surface area contributed by atoms with Crippen molar-refractivity contribution < 1.29 is 22.7 Å². The zero-order valence-electron chi connectivity index (χ0n) is 13.6. The standard InChI is InChI=1S/C14H15F3N6O2/c1-4-25-12(24)9-10(8-5-19-22(3)7(8)2)23-13(18-6-20-23)21-11(9)14(15,16)17/h5-6,10H,4H2,1-3H3,(H,18,20,21). The van der Waals surface area contributed by atoms with Gasteiger partial charge in [0.1, 0.15) is 18.1 Å². The maximum atomic E-state index is 13.6. The number of esters is 1. The third-order valence-corrected chi connectivity index (χ3v) is 3.94. The van der Waals surface area contributed by atoms with Crippen LogP contribution in [0.25, 0.3) is 0 Å². The van der Waals surface area contributed by atoms with Crippen LogP contribution >= 0.6 is 0 Å². The van der Waals surface area contributed by atoms with Crippen molar-refractivity contribution in [1.82, 2.24) is 24.5 Å². The number of ether oxygens (including phenoxy) is 1. The molecule has 11 heteroatoms. The maximum absolute atomic E-state index is 13.6. The van der Waals surface area contributed by atoms with Gasteiger partial charge in [0, 0.05) is 18.3 Å². The van der Waals surface area contributed by atoms with E-state index in [0.29, 0.717) is 11.3 Å². The van der Waals surface area contributed by atoms with Crippen molar-refractivity contribution in [2.24, 2.45) is 7.05 Å². The first-order valence-corrected chi connectivity index (χ1v) is 7.39. The van der Waals surface area contributed by atoms with Crippen LogP contribution in [0.1, 0.15) is 24.2 Å². The lowest BCUT2D eigenvalue weighted by Gasteiger charge is -2.29. The van der Waals surface area contributed by atoms with Gasteiger partial charge in [0.05, 0.1) is 18.4 Å². The molecule has 0 saturated heterocycles. The number of aryl methyl sites for hydroxylation is 1. The lowest BCUT2D eigenvalue weighted by Crippen LogP contribution is -2.35. The number of nitrogens with zero attached hydrogens (tertiary/aromatic N) is 5. The monoisotopic (exact) mass is 356 g/mol. The molecule has 0 fully saturated rings. The van der Waals surface area contributed by atoms with Crippen LogP contribution in [-0.4, -0.2) is 43.3 Å². The number of hydrogen-bond acceptors (Lipinski definition) is 6. The van der Waals surface area contributed by atoms with Crippen LogP contribution in [0.4, 0.5) is 19.1 Å². The lowest BCUT2D eigenvalue weighted by molar-refractivity contribution is -0.140. The molecule has 25 heavy (non-hydrogen) atoms. The van der Waals surface area contributed by atoms with Gasteiger partial charge in [-0.3, -0.25) is 4.68 Å². The Morgan fingerprint density at radius 3 is 2.68 bits per heavy atom. The Morgan fingerprint density at radius 1 is 1.40 bits per heavy atom. The highest BCUT2D eigenvalue weighted by atomic mass is 19.4. The molecule has 2 aromatic rings. The highest BCUT2D eigenvalue weighted by Crippen LogP contribution is 2.41. The average molecular weight is 356 g/mol. The topological polar surface area (TPSA) is 86.9 Å². The van der Waals surface area contributed by atoms with Crippen molar-refractivity contribution in [3.8, 4) is 0 Å². The van der Waals surface area contributed by atoms with Crippen LogP contribution in [0, 0.1) is 6.92 Å². The molecule has 3 rings (SSSR count). The minimum Gasteiger partial charge on any atom is -0.463 e. The molecule has 1 aliphatic heterocycles. The highest BCUT2D eigenvalue weighted by molar-refractivity contribution is 5.92. The Labute approximate surface area is 140 Å². The van der Waals surface area contributed by atoms with E-state index in [1.165, 1.54) is 22.5 Å². The zero-order valence-corrected chi connectivity index (χ0v) is 13.6. The second-order valence-corrected chi connectivity index (χ2v) is 5.37. The van der Waals surface area contributed by atoms with Crippen LogP contribution in [0.3, 0.4) is 0 Å². The number of nitrogens with one attached hydrogen (secondary N) is 1. The van der Waals surface area contributed by atoms with E-state index in [1.54, 1.807) is 14.0 Å². The number of fused-ring (bicyclic) bond motifs is 1. The second-order valence-electron chi connectivity index (χ2n) is 5.37. The Hall–Kier alpha value is -2.85. The number of carbonyl (C=O) groups is 1. The number of allylic oxidation sites excluding steroid dienone is 1. The van der Waals surface area contributed by atoms with Gasteiger partial charge in [-0.25, -0.2) is 9.48 Å². The molecule has 2 aromatic heterocycles. The van der Waals surface area contributed by atoms with Gasteiger partial charge in [0.15, 0.2) is 0 Å². The number of carbonyl (C=O) groups excluding carboxylic acids is 1. The molecular weight excluding hydrogens is 341 g/mol. The third-order valence-electron chi connectivity index (χ3n) is 3.94. The Balaban J connectivity index is 2.28. The first-order chi connectivity index (χ1) is 11.8. The van der Waals surface area contributed by atoms with Crippen molar-refractivity contribution in [1.29, 1.82) is 0 Å². The molecule has 0 radical (unpaired) electrons. The zero-order chi connectivity index (χ0) is 18.4. The van der Waals surface area contributed by atoms with Crippen LogP contribution in [0.15, 0.2) is 23.8 Å². The smallest absolute Gasteiger partial charge is 0.431 e. The molecule has 8 nitrogen and oxygen atoms in total. The summed E-state index contributed by atoms with van der Waals surface area (Å²) in [6, 6.07) is -1.15. The second kappa shape index (κ2) is 5.90. The fraction of sp³-hybridized carbons (Fsp3) is 0.429. The summed E-state index contributed by atoms with van der Waals surface area (Å²) < 4.78 is 48.3. The van der Waals surface area contributed by atoms with Crippen LogP contribution in [0.5, 0.6) is 0 Å². The summed E-state index contributed by atoms with van der Waals surface area (Å²) in [5.41, 5.74) is -0.791. The molecule has 0 saturated carbocycles. The summed E-state index contributed by atoms with van der Waals surface area (Å²) in [4.78, 5) is 16.2. The third kappa shape index (κ3) is 2.75. The summed E-state index contributed by atoms with van der Waals surface area (Å²) in [7, 11) is 1.65. The summed E-state index contributed by atoms with van der Waals surface area (Å²) in [6.07, 6.45) is -2.28. The number of anilines is 1. The molecule has 0 bridgehead atoms. The van der Waals surface area contributed by atoms with E-state index >= 15 is 0 Å². The molecule has 0 aliphatic carbocycles. The number of aromatic nitrogens is 5. The fourth-order valence-corrected chi connectivity index (χ4v) is 2.68. The molecular formula is C14H15F3N6O2. The van der Waals surface area contributed by atoms with Gasteiger partial charge < -0.3 is 10.1 Å². The molecule has 1 unspecified atom stereocenters. The van der Waals surface area contributed by atoms with E-state index in [4.69, 9.17) is 4.74 Å². The van der Waals surface area contributed by atoms with E-state index in [0.717, 1.165) is 6.33 Å². The van der Waals surface area contributed by atoms with E-state index in [9.17, 15) is 18.0 Å². The van der Waals surface area contributed by atoms with Gasteiger partial charge >= 0.3 is 12.1 Å². The highest BCUT2D eigenvalue weighted by Gasteiger charge is 2.47. The average Bonchev–Trinajstić information content (AvgIpc) is 3.12. The molecule has 1 N–H and O–H groups in total. The molecule has 3 heterocycles. The first-order valence-electron chi connectivity index (χ1n) is 7.39. The summed E-state index contributed by atoms with van der Waals surface area (Å²) in [5, 5.41) is 10.2. The van der Waals surface area contributed by atoms with Crippen molar-refractivity contribution >= 4 is 11.9 Å². The molecule has 134 valence electrons. The van der Waals surface area contributed by atoms with Crippen molar-refractivity contribution in [2.45, 2.75) is 26.1 Å². The molecule has 0 amide bonds.